The number of hydrogen-bond donors (Lipinski definition) is 1. The maximum absolute atomic E-state index is 11.6. The van der Waals surface area contributed by atoms with E-state index < -0.39 is 18.8 Å². The van der Waals surface area contributed by atoms with Gasteiger partial charge in [-0.1, -0.05) is 0 Å². The van der Waals surface area contributed by atoms with Gasteiger partial charge >= 0.3 is 6.18 Å². The van der Waals surface area contributed by atoms with Gasteiger partial charge in [-0.15, -0.1) is 0 Å². The number of hydrogen-bond acceptors (Lipinski definition) is 3. The van der Waals surface area contributed by atoms with E-state index in [9.17, 15) is 13.2 Å². The lowest BCUT2D eigenvalue weighted by atomic mass is 10.3. The Morgan fingerprint density at radius 2 is 2.00 bits per heavy atom. The molecule has 0 heterocycles. The molecule has 68 valence electrons. The van der Waals surface area contributed by atoms with Crippen molar-refractivity contribution in [1.82, 2.24) is 5.06 Å². The second-order valence-corrected chi connectivity index (χ2v) is 2.05. The number of likely N-dealkylation sites (N-methyl/N-ethyl adjacent to an activating group) is 1. The van der Waals surface area contributed by atoms with Crippen LogP contribution in [-0.2, 0) is 4.84 Å². The molecule has 0 saturated heterocycles. The molecule has 0 aromatic carbocycles. The van der Waals surface area contributed by atoms with Crippen LogP contribution in [-0.4, -0.2) is 43.2 Å². The number of halogens is 3. The number of hydroxylamine groups is 2. The largest absolute Gasteiger partial charge is 0.415 e. The van der Waals surface area contributed by atoms with Crippen molar-refractivity contribution in [3.05, 3.63) is 0 Å². The zero-order chi connectivity index (χ0) is 9.07. The van der Waals surface area contributed by atoms with Crippen molar-refractivity contribution in [2.24, 2.45) is 0 Å². The first-order valence-corrected chi connectivity index (χ1v) is 2.88. The fourth-order valence-electron chi connectivity index (χ4n) is 0.422. The number of nitrogens with zero attached hydrogens (tertiary/aromatic N) is 1. The maximum Gasteiger partial charge on any atom is 0.415 e. The molecule has 0 fully saturated rings. The topological polar surface area (TPSA) is 32.7 Å². The molecule has 0 rings (SSSR count). The number of aliphatic hydroxyl groups excluding tert-OH is 1. The molecule has 1 N–H and O–H groups in total. The minimum absolute atomic E-state index is 0.583. The van der Waals surface area contributed by atoms with Gasteiger partial charge in [-0.3, -0.25) is 0 Å². The summed E-state index contributed by atoms with van der Waals surface area (Å²) in [6.45, 7) is -0.583. The van der Waals surface area contributed by atoms with Crippen molar-refractivity contribution in [3.63, 3.8) is 0 Å². The first kappa shape index (κ1) is 10.7. The number of rotatable bonds is 3. The maximum atomic E-state index is 11.6. The van der Waals surface area contributed by atoms with Crippen molar-refractivity contribution in [3.8, 4) is 0 Å². The van der Waals surface area contributed by atoms with Crippen LogP contribution in [0.25, 0.3) is 0 Å². The molecular formula is C5H10F3NO2. The van der Waals surface area contributed by atoms with Crippen LogP contribution >= 0.6 is 0 Å². The summed E-state index contributed by atoms with van der Waals surface area (Å²) in [6.07, 6.45) is -6.93. The van der Waals surface area contributed by atoms with E-state index in [4.69, 9.17) is 5.11 Å². The van der Waals surface area contributed by atoms with Crippen molar-refractivity contribution < 1.29 is 23.1 Å². The van der Waals surface area contributed by atoms with Crippen LogP contribution in [0.3, 0.4) is 0 Å². The van der Waals surface area contributed by atoms with Gasteiger partial charge in [0.15, 0.2) is 6.10 Å². The SMILES string of the molecule is CON(C)CC(O)C(F)(F)F. The fourth-order valence-corrected chi connectivity index (χ4v) is 0.422. The molecule has 0 aliphatic carbocycles. The Morgan fingerprint density at radius 1 is 1.55 bits per heavy atom. The lowest BCUT2D eigenvalue weighted by molar-refractivity contribution is -0.230. The third kappa shape index (κ3) is 4.18. The minimum Gasteiger partial charge on any atom is -0.382 e. The lowest BCUT2D eigenvalue weighted by Crippen LogP contribution is -2.38. The first-order chi connectivity index (χ1) is 4.88. The fraction of sp³-hybridized carbons (Fsp3) is 1.00. The van der Waals surface area contributed by atoms with Gasteiger partial charge in [0.05, 0.1) is 13.7 Å². The Balaban J connectivity index is 3.77. The molecule has 11 heavy (non-hydrogen) atoms. The molecule has 0 saturated carbocycles. The number of alkyl halides is 3. The third-order valence-electron chi connectivity index (χ3n) is 1.12. The molecule has 0 amide bonds. The monoisotopic (exact) mass is 173 g/mol. The highest BCUT2D eigenvalue weighted by molar-refractivity contribution is 4.65. The van der Waals surface area contributed by atoms with Gasteiger partial charge in [-0.2, -0.15) is 18.2 Å². The Morgan fingerprint density at radius 3 is 2.27 bits per heavy atom. The second kappa shape index (κ2) is 3.89. The molecule has 0 aliphatic heterocycles. The summed E-state index contributed by atoms with van der Waals surface area (Å²) in [6, 6.07) is 0. The highest BCUT2D eigenvalue weighted by Crippen LogP contribution is 2.20. The molecule has 3 nitrogen and oxygen atoms in total. The van der Waals surface area contributed by atoms with Crippen molar-refractivity contribution in [1.29, 1.82) is 0 Å². The van der Waals surface area contributed by atoms with Gasteiger partial charge < -0.3 is 9.94 Å². The smallest absolute Gasteiger partial charge is 0.382 e. The molecular weight excluding hydrogens is 163 g/mol. The molecule has 0 bridgehead atoms. The van der Waals surface area contributed by atoms with Gasteiger partial charge in [-0.05, 0) is 0 Å². The Bertz CT molecular complexity index is 117. The van der Waals surface area contributed by atoms with Crippen LogP contribution in [0, 0.1) is 0 Å². The molecule has 0 radical (unpaired) electrons. The zero-order valence-corrected chi connectivity index (χ0v) is 6.22. The van der Waals surface area contributed by atoms with E-state index in [0.717, 1.165) is 5.06 Å². The van der Waals surface area contributed by atoms with E-state index >= 15 is 0 Å². The van der Waals surface area contributed by atoms with Crippen molar-refractivity contribution in [2.75, 3.05) is 20.7 Å². The summed E-state index contributed by atoms with van der Waals surface area (Å²) >= 11 is 0. The van der Waals surface area contributed by atoms with Gasteiger partial charge in [0.25, 0.3) is 0 Å². The van der Waals surface area contributed by atoms with Gasteiger partial charge in [-0.25, -0.2) is 0 Å². The predicted molar refractivity (Wildman–Crippen MR) is 31.7 cm³/mol. The quantitative estimate of drug-likeness (QED) is 0.627. The van der Waals surface area contributed by atoms with Crippen molar-refractivity contribution in [2.45, 2.75) is 12.3 Å². The van der Waals surface area contributed by atoms with Crippen molar-refractivity contribution >= 4 is 0 Å². The Labute approximate surface area is 62.3 Å². The highest BCUT2D eigenvalue weighted by Gasteiger charge is 2.38. The van der Waals surface area contributed by atoms with Crippen LogP contribution in [0.1, 0.15) is 0 Å². The molecule has 6 heteroatoms. The van der Waals surface area contributed by atoms with Gasteiger partial charge in [0.1, 0.15) is 0 Å². The summed E-state index contributed by atoms with van der Waals surface area (Å²) in [5.41, 5.74) is 0. The Kier molecular flexibility index (Phi) is 3.77. The molecule has 0 spiro atoms. The Hall–Kier alpha value is -0.330. The molecule has 0 aliphatic rings. The van der Waals surface area contributed by atoms with E-state index in [2.05, 4.69) is 4.84 Å². The lowest BCUT2D eigenvalue weighted by Gasteiger charge is -2.19. The van der Waals surface area contributed by atoms with Gasteiger partial charge in [0.2, 0.25) is 0 Å². The predicted octanol–water partition coefficient (Wildman–Crippen LogP) is 0.403. The second-order valence-electron chi connectivity index (χ2n) is 2.05. The summed E-state index contributed by atoms with van der Waals surface area (Å²) in [7, 11) is 2.53. The summed E-state index contributed by atoms with van der Waals surface area (Å²) in [5, 5.41) is 9.34. The van der Waals surface area contributed by atoms with Crippen LogP contribution in [0.15, 0.2) is 0 Å². The van der Waals surface area contributed by atoms with E-state index in [1.165, 1.54) is 14.2 Å². The normalized spacial score (nSPS) is 15.5. The summed E-state index contributed by atoms with van der Waals surface area (Å²) in [5.74, 6) is 0. The summed E-state index contributed by atoms with van der Waals surface area (Å²) in [4.78, 5) is 4.39. The van der Waals surface area contributed by atoms with E-state index in [1.54, 1.807) is 0 Å². The minimum atomic E-state index is -4.58. The van der Waals surface area contributed by atoms with Crippen LogP contribution in [0.5, 0.6) is 0 Å². The first-order valence-electron chi connectivity index (χ1n) is 2.88. The van der Waals surface area contributed by atoms with Crippen LogP contribution < -0.4 is 0 Å². The number of aliphatic hydroxyl groups is 1. The van der Waals surface area contributed by atoms with E-state index in [1.807, 2.05) is 0 Å². The molecule has 1 unspecified atom stereocenters. The molecule has 0 aromatic rings. The average molecular weight is 173 g/mol. The summed E-state index contributed by atoms with van der Waals surface area (Å²) < 4.78 is 34.8. The zero-order valence-electron chi connectivity index (χ0n) is 6.22. The molecule has 1 atom stereocenters. The van der Waals surface area contributed by atoms with Gasteiger partial charge in [0, 0.05) is 7.05 Å². The standard InChI is InChI=1S/C5H10F3NO2/c1-9(11-2)3-4(10)5(6,7)8/h4,10H,3H2,1-2H3. The highest BCUT2D eigenvalue weighted by atomic mass is 19.4. The molecule has 0 aromatic heterocycles. The third-order valence-corrected chi connectivity index (χ3v) is 1.12. The van der Waals surface area contributed by atoms with E-state index in [0.29, 0.717) is 0 Å². The van der Waals surface area contributed by atoms with E-state index in [-0.39, 0.29) is 0 Å². The average Bonchev–Trinajstić information content (AvgIpc) is 1.85. The van der Waals surface area contributed by atoms with Crippen LogP contribution in [0.4, 0.5) is 13.2 Å². The van der Waals surface area contributed by atoms with Crippen LogP contribution in [0.2, 0.25) is 0 Å².